The summed E-state index contributed by atoms with van der Waals surface area (Å²) >= 11 is 0. The van der Waals surface area contributed by atoms with Crippen LogP contribution in [0, 0.1) is 5.82 Å². The van der Waals surface area contributed by atoms with Gasteiger partial charge in [0.1, 0.15) is 29.7 Å². The molecule has 1 unspecified atom stereocenters. The number of ether oxygens (including phenoxy) is 3. The number of carboxylic acids is 1. The highest BCUT2D eigenvalue weighted by molar-refractivity contribution is 5.68. The zero-order valence-corrected chi connectivity index (χ0v) is 20.8. The molecule has 0 fully saturated rings. The maximum atomic E-state index is 14.7. The molecule has 1 aliphatic rings. The van der Waals surface area contributed by atoms with Crippen LogP contribution in [-0.2, 0) is 9.53 Å². The van der Waals surface area contributed by atoms with Crippen LogP contribution in [-0.4, -0.2) is 31.4 Å². The summed E-state index contributed by atoms with van der Waals surface area (Å²) < 4.78 is 32.2. The Morgan fingerprint density at radius 3 is 2.71 bits per heavy atom. The third-order valence-corrected chi connectivity index (χ3v) is 6.20. The largest absolute Gasteiger partial charge is 0.497 e. The van der Waals surface area contributed by atoms with Crippen LogP contribution in [0.2, 0.25) is 0 Å². The van der Waals surface area contributed by atoms with Gasteiger partial charge in [-0.1, -0.05) is 44.9 Å². The van der Waals surface area contributed by atoms with Gasteiger partial charge >= 0.3 is 5.97 Å². The first-order valence-corrected chi connectivity index (χ1v) is 12.2. The Bertz CT molecular complexity index is 1060. The topological polar surface area (TPSA) is 65.0 Å². The lowest BCUT2D eigenvalue weighted by atomic mass is 9.88. The van der Waals surface area contributed by atoms with E-state index in [1.54, 1.807) is 19.2 Å². The Morgan fingerprint density at radius 1 is 1.14 bits per heavy atom. The average molecular weight is 483 g/mol. The molecule has 1 aliphatic carbocycles. The van der Waals surface area contributed by atoms with Gasteiger partial charge in [0.25, 0.3) is 0 Å². The van der Waals surface area contributed by atoms with Crippen LogP contribution in [0.25, 0.3) is 0 Å². The smallest absolute Gasteiger partial charge is 0.303 e. The van der Waals surface area contributed by atoms with Crippen molar-refractivity contribution in [3.63, 3.8) is 0 Å². The second kappa shape index (κ2) is 13.0. The van der Waals surface area contributed by atoms with Gasteiger partial charge in [-0.25, -0.2) is 4.39 Å². The predicted molar refractivity (Wildman–Crippen MR) is 135 cm³/mol. The Labute approximate surface area is 207 Å². The molecule has 2 aromatic rings. The zero-order chi connectivity index (χ0) is 25.2. The molecule has 0 bridgehead atoms. The summed E-state index contributed by atoms with van der Waals surface area (Å²) in [5.74, 6) is 0.594. The van der Waals surface area contributed by atoms with E-state index in [1.165, 1.54) is 6.07 Å². The first-order valence-electron chi connectivity index (χ1n) is 12.2. The van der Waals surface area contributed by atoms with Gasteiger partial charge in [-0.15, -0.1) is 0 Å². The molecule has 0 amide bonds. The van der Waals surface area contributed by atoms with E-state index in [-0.39, 0.29) is 24.1 Å². The molecule has 0 heterocycles. The lowest BCUT2D eigenvalue weighted by Crippen LogP contribution is -2.14. The molecule has 0 saturated carbocycles. The number of aliphatic carboxylic acids is 1. The van der Waals surface area contributed by atoms with Crippen molar-refractivity contribution in [3.05, 3.63) is 82.9 Å². The Hall–Kier alpha value is -3.28. The highest BCUT2D eigenvalue weighted by Crippen LogP contribution is 2.37. The summed E-state index contributed by atoms with van der Waals surface area (Å²) in [6, 6.07) is 12.3. The van der Waals surface area contributed by atoms with Crippen molar-refractivity contribution in [1.82, 2.24) is 0 Å². The van der Waals surface area contributed by atoms with Crippen LogP contribution in [0.3, 0.4) is 0 Å². The van der Waals surface area contributed by atoms with E-state index in [1.807, 2.05) is 37.3 Å². The van der Waals surface area contributed by atoms with Crippen LogP contribution in [0.5, 0.6) is 11.5 Å². The van der Waals surface area contributed by atoms with Crippen LogP contribution in [0.1, 0.15) is 68.9 Å². The lowest BCUT2D eigenvalue weighted by molar-refractivity contribution is -0.137. The summed E-state index contributed by atoms with van der Waals surface area (Å²) in [6.07, 6.45) is 7.79. The van der Waals surface area contributed by atoms with Gasteiger partial charge < -0.3 is 19.3 Å². The van der Waals surface area contributed by atoms with Crippen LogP contribution < -0.4 is 9.47 Å². The monoisotopic (exact) mass is 482 g/mol. The Kier molecular flexibility index (Phi) is 9.76. The molecule has 2 atom stereocenters. The molecule has 6 heteroatoms. The number of rotatable bonds is 13. The maximum Gasteiger partial charge on any atom is 0.303 e. The number of benzene rings is 2. The predicted octanol–water partition coefficient (Wildman–Crippen LogP) is 7.00. The number of unbranched alkanes of at least 4 members (excludes halogenated alkanes) is 2. The molecule has 2 aromatic carbocycles. The summed E-state index contributed by atoms with van der Waals surface area (Å²) in [5.41, 5.74) is 2.44. The van der Waals surface area contributed by atoms with Gasteiger partial charge in [-0.05, 0) is 66.3 Å². The third-order valence-electron chi connectivity index (χ3n) is 6.20. The second-order valence-electron chi connectivity index (χ2n) is 8.92. The Balaban J connectivity index is 1.74. The lowest BCUT2D eigenvalue weighted by Gasteiger charge is -2.25. The summed E-state index contributed by atoms with van der Waals surface area (Å²) in [5, 5.41) is 9.07. The van der Waals surface area contributed by atoms with Gasteiger partial charge in [-0.2, -0.15) is 0 Å². The first-order chi connectivity index (χ1) is 16.9. The average Bonchev–Trinajstić information content (AvgIpc) is 2.86. The van der Waals surface area contributed by atoms with Gasteiger partial charge in [0.2, 0.25) is 0 Å². The summed E-state index contributed by atoms with van der Waals surface area (Å²) in [4.78, 5) is 11.0. The molecule has 0 spiro atoms. The number of hydrogen-bond acceptors (Lipinski definition) is 4. The number of carboxylic acid groups (broad SMARTS) is 1. The molecule has 3 rings (SSSR count). The van der Waals surface area contributed by atoms with Crippen molar-refractivity contribution in [2.75, 3.05) is 20.3 Å². The van der Waals surface area contributed by atoms with Gasteiger partial charge in [0, 0.05) is 11.5 Å². The molecule has 0 aromatic heterocycles. The van der Waals surface area contributed by atoms with Crippen molar-refractivity contribution in [3.8, 4) is 11.5 Å². The number of carbonyl (C=O) groups is 1. The Morgan fingerprint density at radius 2 is 1.97 bits per heavy atom. The minimum atomic E-state index is -0.824. The standard InChI is InChI=1S/C29H35FO5/c1-4-5-6-14-34-28-16-21(10-12-25(28)26-18-23(33-3)11-13-27(26)30)19-35-24-9-7-8-22(17-24)20(2)15-29(31)32/h7-11,13,16-18,20,25H,4-6,12,14-15,19H2,1-3H3,(H,31,32)/t20-,25?/m0/s1. The normalized spacial score (nSPS) is 16.2. The summed E-state index contributed by atoms with van der Waals surface area (Å²) in [6.45, 7) is 4.95. The van der Waals surface area contributed by atoms with Gasteiger partial charge in [0.15, 0.2) is 0 Å². The summed E-state index contributed by atoms with van der Waals surface area (Å²) in [7, 11) is 1.57. The fourth-order valence-corrected chi connectivity index (χ4v) is 4.17. The molecule has 1 N–H and O–H groups in total. The fraction of sp³-hybridized carbons (Fsp3) is 0.414. The molecule has 188 valence electrons. The molecule has 35 heavy (non-hydrogen) atoms. The molecule has 0 aliphatic heterocycles. The van der Waals surface area contributed by atoms with E-state index in [9.17, 15) is 9.18 Å². The molecular formula is C29H35FO5. The van der Waals surface area contributed by atoms with Crippen molar-refractivity contribution in [2.24, 2.45) is 0 Å². The molecule has 0 radical (unpaired) electrons. The van der Waals surface area contributed by atoms with E-state index in [4.69, 9.17) is 19.3 Å². The zero-order valence-electron chi connectivity index (χ0n) is 20.8. The SMILES string of the molecule is CCCCCOC1=CC(COc2cccc([C@@H](C)CC(=O)O)c2)=CCC1c1cc(OC)ccc1F. The van der Waals surface area contributed by atoms with Crippen molar-refractivity contribution >= 4 is 5.97 Å². The van der Waals surface area contributed by atoms with Crippen LogP contribution in [0.15, 0.2) is 65.9 Å². The minimum absolute atomic E-state index is 0.0678. The second-order valence-corrected chi connectivity index (χ2v) is 8.92. The van der Waals surface area contributed by atoms with Crippen molar-refractivity contribution in [2.45, 2.75) is 57.8 Å². The fourth-order valence-electron chi connectivity index (χ4n) is 4.17. The number of allylic oxidation sites excluding steroid dienone is 2. The van der Waals surface area contributed by atoms with Crippen LogP contribution in [0.4, 0.5) is 4.39 Å². The minimum Gasteiger partial charge on any atom is -0.497 e. The van der Waals surface area contributed by atoms with E-state index < -0.39 is 5.97 Å². The van der Waals surface area contributed by atoms with Crippen molar-refractivity contribution < 1.29 is 28.5 Å². The van der Waals surface area contributed by atoms with E-state index in [2.05, 4.69) is 13.0 Å². The number of halogens is 1. The van der Waals surface area contributed by atoms with Gasteiger partial charge in [0.05, 0.1) is 20.1 Å². The quantitative estimate of drug-likeness (QED) is 0.312. The highest BCUT2D eigenvalue weighted by Gasteiger charge is 2.25. The third kappa shape index (κ3) is 7.61. The molecule has 5 nitrogen and oxygen atoms in total. The molecule has 0 saturated heterocycles. The first kappa shape index (κ1) is 26.3. The number of methoxy groups -OCH3 is 1. The van der Waals surface area contributed by atoms with Crippen LogP contribution >= 0.6 is 0 Å². The maximum absolute atomic E-state index is 14.7. The van der Waals surface area contributed by atoms with E-state index >= 15 is 0 Å². The highest BCUT2D eigenvalue weighted by atomic mass is 19.1. The number of hydrogen-bond donors (Lipinski definition) is 1. The van der Waals surface area contributed by atoms with E-state index in [0.29, 0.717) is 36.7 Å². The van der Waals surface area contributed by atoms with E-state index in [0.717, 1.165) is 36.2 Å². The van der Waals surface area contributed by atoms with Crippen molar-refractivity contribution in [1.29, 1.82) is 0 Å². The molecular weight excluding hydrogens is 447 g/mol. The van der Waals surface area contributed by atoms with Gasteiger partial charge in [-0.3, -0.25) is 4.79 Å².